The fourth-order valence-electron chi connectivity index (χ4n) is 2.38. The van der Waals surface area contributed by atoms with E-state index in [1.54, 1.807) is 12.1 Å². The average molecular weight is 388 g/mol. The van der Waals surface area contributed by atoms with Crippen LogP contribution in [0.25, 0.3) is 0 Å². The summed E-state index contributed by atoms with van der Waals surface area (Å²) in [7, 11) is -3.59. The van der Waals surface area contributed by atoms with Gasteiger partial charge in [-0.2, -0.15) is 0 Å². The van der Waals surface area contributed by atoms with E-state index in [2.05, 4.69) is 4.72 Å². The van der Waals surface area contributed by atoms with Gasteiger partial charge in [-0.1, -0.05) is 23.3 Å². The van der Waals surface area contributed by atoms with E-state index in [0.29, 0.717) is 5.06 Å². The quantitative estimate of drug-likeness (QED) is 0.787. The molecular weight excluding hydrogens is 372 g/mol. The molecular formula is C18H16N2O6S. The number of carbonyl (C=O) groups excluding carboxylic acids is 3. The van der Waals surface area contributed by atoms with E-state index >= 15 is 0 Å². The Morgan fingerprint density at radius 2 is 1.59 bits per heavy atom. The molecule has 8 nitrogen and oxygen atoms in total. The van der Waals surface area contributed by atoms with Gasteiger partial charge in [-0.05, 0) is 44.2 Å². The molecule has 0 fully saturated rings. The number of carbonyl (C=O) groups is 3. The Morgan fingerprint density at radius 1 is 1.00 bits per heavy atom. The monoisotopic (exact) mass is 388 g/mol. The van der Waals surface area contributed by atoms with Crippen LogP contribution < -0.4 is 4.72 Å². The van der Waals surface area contributed by atoms with Crippen molar-refractivity contribution in [2.75, 3.05) is 4.72 Å². The Bertz CT molecular complexity index is 1010. The van der Waals surface area contributed by atoms with Crippen molar-refractivity contribution in [1.82, 2.24) is 5.06 Å². The van der Waals surface area contributed by atoms with E-state index in [0.717, 1.165) is 0 Å². The number of imide groups is 1. The first kappa shape index (κ1) is 18.6. The molecule has 0 saturated carbocycles. The first-order valence-corrected chi connectivity index (χ1v) is 9.57. The number of fused-ring (bicyclic) bond motifs is 1. The summed E-state index contributed by atoms with van der Waals surface area (Å²) in [5.41, 5.74) is 0.443. The summed E-state index contributed by atoms with van der Waals surface area (Å²) in [5, 5.41) is -0.260. The van der Waals surface area contributed by atoms with Crippen molar-refractivity contribution in [3.63, 3.8) is 0 Å². The molecule has 1 N–H and O–H groups in total. The van der Waals surface area contributed by atoms with Crippen molar-refractivity contribution in [2.45, 2.75) is 19.1 Å². The van der Waals surface area contributed by atoms with Crippen LogP contribution >= 0.6 is 0 Å². The molecule has 2 amide bonds. The minimum atomic E-state index is -3.59. The fraction of sp³-hybridized carbons (Fsp3) is 0.167. The molecule has 140 valence electrons. The minimum absolute atomic E-state index is 0.0180. The summed E-state index contributed by atoms with van der Waals surface area (Å²) in [4.78, 5) is 41.8. The van der Waals surface area contributed by atoms with Gasteiger partial charge in [-0.15, -0.1) is 0 Å². The normalized spacial score (nSPS) is 13.7. The summed E-state index contributed by atoms with van der Waals surface area (Å²) < 4.78 is 26.2. The Morgan fingerprint density at radius 3 is 2.15 bits per heavy atom. The van der Waals surface area contributed by atoms with Crippen molar-refractivity contribution >= 4 is 33.5 Å². The highest BCUT2D eigenvalue weighted by Crippen LogP contribution is 2.24. The number of rotatable bonds is 5. The van der Waals surface area contributed by atoms with Crippen LogP contribution in [0, 0.1) is 0 Å². The predicted molar refractivity (Wildman–Crippen MR) is 96.5 cm³/mol. The second kappa shape index (κ2) is 6.84. The molecule has 27 heavy (non-hydrogen) atoms. The lowest BCUT2D eigenvalue weighted by Gasteiger charge is -2.14. The Hall–Kier alpha value is -3.20. The topological polar surface area (TPSA) is 110 Å². The van der Waals surface area contributed by atoms with E-state index in [-0.39, 0.29) is 22.4 Å². The molecule has 2 aromatic carbocycles. The van der Waals surface area contributed by atoms with Crippen molar-refractivity contribution in [3.05, 3.63) is 65.2 Å². The molecule has 0 saturated heterocycles. The number of hydrogen-bond donors (Lipinski definition) is 1. The number of benzene rings is 2. The molecule has 2 aromatic rings. The predicted octanol–water partition coefficient (Wildman–Crippen LogP) is 2.20. The van der Waals surface area contributed by atoms with Crippen LogP contribution in [0.1, 0.15) is 44.9 Å². The van der Waals surface area contributed by atoms with Crippen LogP contribution in [0.5, 0.6) is 0 Å². The maximum Gasteiger partial charge on any atom is 0.364 e. The van der Waals surface area contributed by atoms with Gasteiger partial charge in [0.05, 0.1) is 21.9 Å². The summed E-state index contributed by atoms with van der Waals surface area (Å²) in [5.74, 6) is -2.43. The third-order valence-electron chi connectivity index (χ3n) is 3.91. The molecule has 1 aliphatic heterocycles. The first-order chi connectivity index (χ1) is 12.7. The number of nitrogens with zero attached hydrogens (tertiary/aromatic N) is 1. The zero-order valence-corrected chi connectivity index (χ0v) is 15.3. The molecule has 0 atom stereocenters. The summed E-state index contributed by atoms with van der Waals surface area (Å²) in [6.45, 7) is 3.03. The highest BCUT2D eigenvalue weighted by Gasteiger charge is 2.38. The van der Waals surface area contributed by atoms with Crippen molar-refractivity contribution in [3.8, 4) is 0 Å². The van der Waals surface area contributed by atoms with E-state index in [1.165, 1.54) is 50.2 Å². The minimum Gasteiger partial charge on any atom is -0.324 e. The van der Waals surface area contributed by atoms with Crippen LogP contribution in [0.3, 0.4) is 0 Å². The van der Waals surface area contributed by atoms with Crippen LogP contribution in [-0.4, -0.2) is 36.5 Å². The summed E-state index contributed by atoms with van der Waals surface area (Å²) in [6, 6.07) is 11.7. The first-order valence-electron chi connectivity index (χ1n) is 8.02. The standard InChI is InChI=1S/C18H16N2O6S/c1-11(2)27(24,25)19-13-7-5-6-12(10-13)18(23)26-20-16(21)14-8-3-4-9-15(14)17(20)22/h3-11,19H,1-2H3. The van der Waals surface area contributed by atoms with E-state index in [1.807, 2.05) is 0 Å². The Labute approximate surface area is 155 Å². The maximum absolute atomic E-state index is 12.3. The van der Waals surface area contributed by atoms with Gasteiger partial charge >= 0.3 is 5.97 Å². The lowest BCUT2D eigenvalue weighted by Crippen LogP contribution is -2.32. The largest absolute Gasteiger partial charge is 0.364 e. The van der Waals surface area contributed by atoms with Crippen molar-refractivity contribution < 1.29 is 27.6 Å². The smallest absolute Gasteiger partial charge is 0.324 e. The van der Waals surface area contributed by atoms with Crippen LogP contribution in [0.4, 0.5) is 5.69 Å². The van der Waals surface area contributed by atoms with Gasteiger partial charge in [-0.25, -0.2) is 13.2 Å². The third-order valence-corrected chi connectivity index (χ3v) is 5.67. The van der Waals surface area contributed by atoms with Gasteiger partial charge in [-0.3, -0.25) is 14.3 Å². The van der Waals surface area contributed by atoms with Gasteiger partial charge in [0.1, 0.15) is 0 Å². The zero-order valence-electron chi connectivity index (χ0n) is 14.5. The molecule has 1 aliphatic rings. The molecule has 0 bridgehead atoms. The van der Waals surface area contributed by atoms with Gasteiger partial charge < -0.3 is 4.84 Å². The van der Waals surface area contributed by atoms with Crippen LogP contribution in [0.15, 0.2) is 48.5 Å². The second-order valence-electron chi connectivity index (χ2n) is 6.11. The van der Waals surface area contributed by atoms with E-state index < -0.39 is 33.1 Å². The van der Waals surface area contributed by atoms with Gasteiger partial charge in [0.2, 0.25) is 10.0 Å². The van der Waals surface area contributed by atoms with E-state index in [9.17, 15) is 22.8 Å². The maximum atomic E-state index is 12.3. The van der Waals surface area contributed by atoms with Crippen LogP contribution in [-0.2, 0) is 14.9 Å². The number of amides is 2. The number of hydrogen-bond acceptors (Lipinski definition) is 6. The molecule has 0 unspecified atom stereocenters. The SMILES string of the molecule is CC(C)S(=O)(=O)Nc1cccc(C(=O)ON2C(=O)c3ccccc3C2=O)c1. The number of nitrogens with one attached hydrogen (secondary N) is 1. The fourth-order valence-corrected chi connectivity index (χ4v) is 3.07. The second-order valence-corrected chi connectivity index (χ2v) is 8.34. The lowest BCUT2D eigenvalue weighted by molar-refractivity contribution is -0.0584. The Balaban J connectivity index is 1.79. The zero-order chi connectivity index (χ0) is 19.8. The summed E-state index contributed by atoms with van der Waals surface area (Å²) >= 11 is 0. The lowest BCUT2D eigenvalue weighted by atomic mass is 10.1. The number of anilines is 1. The Kier molecular flexibility index (Phi) is 4.71. The van der Waals surface area contributed by atoms with Gasteiger partial charge in [0.15, 0.2) is 0 Å². The molecule has 0 aliphatic carbocycles. The van der Waals surface area contributed by atoms with Crippen molar-refractivity contribution in [1.29, 1.82) is 0 Å². The average Bonchev–Trinajstić information content (AvgIpc) is 2.87. The molecule has 1 heterocycles. The number of sulfonamides is 1. The molecule has 3 rings (SSSR count). The highest BCUT2D eigenvalue weighted by atomic mass is 32.2. The summed E-state index contributed by atoms with van der Waals surface area (Å²) in [6.07, 6.45) is 0. The molecule has 0 spiro atoms. The number of hydroxylamine groups is 2. The molecule has 0 aromatic heterocycles. The van der Waals surface area contributed by atoms with Gasteiger partial charge in [0, 0.05) is 5.69 Å². The van der Waals surface area contributed by atoms with Crippen molar-refractivity contribution in [2.24, 2.45) is 0 Å². The third kappa shape index (κ3) is 3.54. The van der Waals surface area contributed by atoms with E-state index in [4.69, 9.17) is 4.84 Å². The highest BCUT2D eigenvalue weighted by molar-refractivity contribution is 7.93. The molecule has 0 radical (unpaired) electrons. The van der Waals surface area contributed by atoms with Crippen LogP contribution in [0.2, 0.25) is 0 Å². The van der Waals surface area contributed by atoms with Gasteiger partial charge in [0.25, 0.3) is 11.8 Å². The molecule has 9 heteroatoms.